The summed E-state index contributed by atoms with van der Waals surface area (Å²) >= 11 is 0.973. The highest BCUT2D eigenvalue weighted by atomic mass is 32.1. The Morgan fingerprint density at radius 2 is 2.18 bits per heavy atom. The Morgan fingerprint density at radius 1 is 1.41 bits per heavy atom. The zero-order valence-electron chi connectivity index (χ0n) is 8.44. The Bertz CT molecular complexity index is 570. The van der Waals surface area contributed by atoms with E-state index in [2.05, 4.69) is 15.5 Å². The Hall–Kier alpha value is -2.15. The summed E-state index contributed by atoms with van der Waals surface area (Å²) in [5.41, 5.74) is -0.0603. The first-order valence-corrected chi connectivity index (χ1v) is 5.43. The van der Waals surface area contributed by atoms with Crippen molar-refractivity contribution in [2.24, 2.45) is 5.18 Å². The minimum absolute atomic E-state index is 0.0603. The number of nitrogens with one attached hydrogen (secondary N) is 2. The molecule has 86 valence electrons. The molecule has 0 aliphatic rings. The monoisotopic (exact) mass is 252 g/mol. The number of aromatic amines is 1. The summed E-state index contributed by atoms with van der Waals surface area (Å²) in [5.74, 6) is -1.19. The summed E-state index contributed by atoms with van der Waals surface area (Å²) in [6.45, 7) is 0. The van der Waals surface area contributed by atoms with Gasteiger partial charge in [0.25, 0.3) is 0 Å². The Labute approximate surface area is 99.3 Å². The lowest BCUT2D eigenvalue weighted by Gasteiger charge is -1.96. The molecule has 0 fully saturated rings. The largest absolute Gasteiger partial charge is 0.342 e. The van der Waals surface area contributed by atoms with Gasteiger partial charge < -0.3 is 0 Å². The number of nitroso groups, excluding NO2 is 1. The predicted molar refractivity (Wildman–Crippen MR) is 60.7 cm³/mol. The number of carbonyl (C=O) groups excluding carboxylic acids is 1. The third-order valence-corrected chi connectivity index (χ3v) is 2.79. The zero-order valence-corrected chi connectivity index (χ0v) is 9.25. The summed E-state index contributed by atoms with van der Waals surface area (Å²) in [6, 6.07) is 5.63. The van der Waals surface area contributed by atoms with Crippen molar-refractivity contribution in [3.8, 4) is 0 Å². The number of thiazole rings is 1. The van der Waals surface area contributed by atoms with Gasteiger partial charge in [-0.1, -0.05) is 12.1 Å². The van der Waals surface area contributed by atoms with Gasteiger partial charge in [0.2, 0.25) is 5.00 Å². The fourth-order valence-electron chi connectivity index (χ4n) is 1.21. The number of hydrogen-bond acceptors (Lipinski definition) is 4. The van der Waals surface area contributed by atoms with E-state index in [0.29, 0.717) is 5.13 Å². The van der Waals surface area contributed by atoms with Crippen LogP contribution in [-0.4, -0.2) is 5.91 Å². The van der Waals surface area contributed by atoms with E-state index in [1.807, 2.05) is 0 Å². The third-order valence-electron chi connectivity index (χ3n) is 1.97. The Balaban J connectivity index is 2.17. The normalized spacial score (nSPS) is 9.94. The number of carbonyl (C=O) groups is 1. The van der Waals surface area contributed by atoms with Crippen LogP contribution in [0.5, 0.6) is 0 Å². The fourth-order valence-corrected chi connectivity index (χ4v) is 1.84. The second-order valence-corrected chi connectivity index (χ2v) is 4.11. The van der Waals surface area contributed by atoms with Crippen LogP contribution >= 0.6 is 11.3 Å². The van der Waals surface area contributed by atoms with Gasteiger partial charge in [0, 0.05) is 0 Å². The lowest BCUT2D eigenvalue weighted by atomic mass is 10.2. The van der Waals surface area contributed by atoms with Crippen LogP contribution < -0.4 is 10.3 Å². The number of anilines is 1. The van der Waals surface area contributed by atoms with Crippen molar-refractivity contribution in [1.82, 2.24) is 0 Å². The Morgan fingerprint density at radius 3 is 2.82 bits per heavy atom. The maximum atomic E-state index is 13.3. The lowest BCUT2D eigenvalue weighted by Crippen LogP contribution is -2.17. The van der Waals surface area contributed by atoms with Gasteiger partial charge in [0.1, 0.15) is 12.0 Å². The van der Waals surface area contributed by atoms with Gasteiger partial charge in [-0.15, -0.1) is 4.91 Å². The number of rotatable bonds is 3. The van der Waals surface area contributed by atoms with Gasteiger partial charge in [0.05, 0.1) is 5.56 Å². The number of hydrogen-bond donors (Lipinski definition) is 1. The summed E-state index contributed by atoms with van der Waals surface area (Å²) < 4.78 is 13.3. The molecule has 0 spiro atoms. The standard InChI is InChI=1S/C10H6FN3O2S/c11-7-4-2-1-3-6(7)9(15)13-10-12-5-8(14-16)17-10/h1-5H,(H,12,13,15)/p+1. The van der Waals surface area contributed by atoms with E-state index in [0.717, 1.165) is 11.3 Å². The van der Waals surface area contributed by atoms with E-state index in [-0.39, 0.29) is 10.6 Å². The highest BCUT2D eigenvalue weighted by molar-refractivity contribution is 7.18. The summed E-state index contributed by atoms with van der Waals surface area (Å²) in [6.07, 6.45) is 1.36. The Kier molecular flexibility index (Phi) is 3.20. The van der Waals surface area contributed by atoms with Gasteiger partial charge in [-0.2, -0.15) is 5.32 Å². The average Bonchev–Trinajstić information content (AvgIpc) is 2.77. The first kappa shape index (κ1) is 11.3. The van der Waals surface area contributed by atoms with E-state index in [4.69, 9.17) is 0 Å². The van der Waals surface area contributed by atoms with Crippen molar-refractivity contribution in [1.29, 1.82) is 0 Å². The average molecular weight is 252 g/mol. The molecule has 2 rings (SSSR count). The van der Waals surface area contributed by atoms with E-state index in [9.17, 15) is 14.1 Å². The van der Waals surface area contributed by atoms with Gasteiger partial charge >= 0.3 is 11.0 Å². The molecule has 5 nitrogen and oxygen atoms in total. The minimum atomic E-state index is -0.602. The van der Waals surface area contributed by atoms with Crippen LogP contribution in [0.3, 0.4) is 0 Å². The van der Waals surface area contributed by atoms with Gasteiger partial charge in [-0.05, 0) is 28.6 Å². The number of nitrogens with zero attached hydrogens (tertiary/aromatic N) is 1. The molecule has 17 heavy (non-hydrogen) atoms. The van der Waals surface area contributed by atoms with Gasteiger partial charge in [0.15, 0.2) is 0 Å². The van der Waals surface area contributed by atoms with Crippen LogP contribution in [0.15, 0.2) is 35.6 Å². The molecule has 1 heterocycles. The van der Waals surface area contributed by atoms with Crippen LogP contribution in [0.25, 0.3) is 0 Å². The van der Waals surface area contributed by atoms with Crippen LogP contribution in [0.2, 0.25) is 0 Å². The zero-order chi connectivity index (χ0) is 12.3. The minimum Gasteiger partial charge on any atom is -0.241 e. The maximum Gasteiger partial charge on any atom is 0.342 e. The van der Waals surface area contributed by atoms with E-state index in [1.54, 1.807) is 6.07 Å². The van der Waals surface area contributed by atoms with Crippen molar-refractivity contribution >= 4 is 27.4 Å². The number of benzene rings is 1. The molecule has 0 aliphatic heterocycles. The van der Waals surface area contributed by atoms with Crippen LogP contribution in [-0.2, 0) is 0 Å². The van der Waals surface area contributed by atoms with Crippen molar-refractivity contribution in [2.45, 2.75) is 0 Å². The van der Waals surface area contributed by atoms with E-state index < -0.39 is 11.7 Å². The molecule has 2 aromatic rings. The molecule has 1 aromatic heterocycles. The first-order valence-electron chi connectivity index (χ1n) is 4.61. The third kappa shape index (κ3) is 2.51. The maximum absolute atomic E-state index is 13.3. The van der Waals surface area contributed by atoms with Crippen LogP contribution in [0.1, 0.15) is 10.4 Å². The molecular weight excluding hydrogens is 245 g/mol. The topological polar surface area (TPSA) is 72.7 Å². The van der Waals surface area contributed by atoms with E-state index >= 15 is 0 Å². The summed E-state index contributed by atoms with van der Waals surface area (Å²) in [7, 11) is 0. The second-order valence-electron chi connectivity index (χ2n) is 3.08. The van der Waals surface area contributed by atoms with Crippen molar-refractivity contribution in [2.75, 3.05) is 5.32 Å². The molecule has 1 amide bonds. The molecule has 0 unspecified atom stereocenters. The molecule has 0 saturated carbocycles. The molecule has 0 saturated heterocycles. The molecule has 0 radical (unpaired) electrons. The predicted octanol–water partition coefficient (Wildman–Crippen LogP) is 2.35. The number of H-pyrrole nitrogens is 1. The summed E-state index contributed by atoms with van der Waals surface area (Å²) in [5, 5.41) is 5.67. The highest BCUT2D eigenvalue weighted by Crippen LogP contribution is 2.22. The number of aromatic nitrogens is 1. The van der Waals surface area contributed by atoms with Gasteiger partial charge in [-0.3, -0.25) is 0 Å². The SMILES string of the molecule is O=Nc1c[nH+]c(NC(=O)c2ccccc2F)s1. The summed E-state index contributed by atoms with van der Waals surface area (Å²) in [4.78, 5) is 24.5. The van der Waals surface area contributed by atoms with Crippen molar-refractivity contribution in [3.63, 3.8) is 0 Å². The molecule has 0 atom stereocenters. The number of amides is 1. The van der Waals surface area contributed by atoms with Crippen LogP contribution in [0.4, 0.5) is 14.5 Å². The molecule has 1 aromatic carbocycles. The second kappa shape index (κ2) is 4.79. The molecule has 7 heteroatoms. The molecule has 2 N–H and O–H groups in total. The van der Waals surface area contributed by atoms with E-state index in [1.165, 1.54) is 24.4 Å². The number of halogens is 1. The molecule has 0 aliphatic carbocycles. The lowest BCUT2D eigenvalue weighted by molar-refractivity contribution is -0.353. The first-order chi connectivity index (χ1) is 8.20. The molecule has 0 bridgehead atoms. The van der Waals surface area contributed by atoms with Crippen LogP contribution in [0, 0.1) is 10.7 Å². The smallest absolute Gasteiger partial charge is 0.241 e. The van der Waals surface area contributed by atoms with Gasteiger partial charge in [-0.25, -0.2) is 14.2 Å². The quantitative estimate of drug-likeness (QED) is 0.851. The van der Waals surface area contributed by atoms with Crippen molar-refractivity contribution in [3.05, 3.63) is 46.8 Å². The fraction of sp³-hybridized carbons (Fsp3) is 0. The van der Waals surface area contributed by atoms with Crippen molar-refractivity contribution < 1.29 is 14.2 Å². The molecular formula is C10H7FN3O2S+. The highest BCUT2D eigenvalue weighted by Gasteiger charge is 2.18.